The quantitative estimate of drug-likeness (QED) is 0.180. The molecule has 6 nitrogen and oxygen atoms in total. The van der Waals surface area contributed by atoms with Crippen molar-refractivity contribution in [3.8, 4) is 5.75 Å². The minimum absolute atomic E-state index is 0. The molecule has 0 aliphatic carbocycles. The first-order chi connectivity index (χ1) is 9.36. The van der Waals surface area contributed by atoms with Crippen molar-refractivity contribution in [2.75, 3.05) is 0 Å². The Kier molecular flexibility index (Phi) is 13.4. The molecule has 22 heavy (non-hydrogen) atoms. The number of carbonyl (C=O) groups is 1. The van der Waals surface area contributed by atoms with Crippen LogP contribution in [0.25, 0.3) is 0 Å². The summed E-state index contributed by atoms with van der Waals surface area (Å²) in [5.74, 6) is 0.230. The summed E-state index contributed by atoms with van der Waals surface area (Å²) >= 11 is 0. The predicted octanol–water partition coefficient (Wildman–Crippen LogP) is -4.42. The van der Waals surface area contributed by atoms with Crippen molar-refractivity contribution in [2.24, 2.45) is 0 Å². The summed E-state index contributed by atoms with van der Waals surface area (Å²) in [5, 5.41) is 0. The Bertz CT molecular complexity index is 639. The van der Waals surface area contributed by atoms with E-state index in [9.17, 15) is 4.79 Å². The molecular formula is C13H10Na2O6S. The smallest absolute Gasteiger partial charge is 0.759 e. The number of para-hydroxylation sites is 1. The minimum Gasteiger partial charge on any atom is -0.759 e. The van der Waals surface area contributed by atoms with E-state index in [1.165, 1.54) is 0 Å². The molecule has 0 unspecified atom stereocenters. The first kappa shape index (κ1) is 24.0. The predicted molar refractivity (Wildman–Crippen MR) is 68.3 cm³/mol. The first-order valence-electron chi connectivity index (χ1n) is 5.35. The Morgan fingerprint density at radius 2 is 1.18 bits per heavy atom. The number of ether oxygens (including phenoxy) is 1. The third-order valence-electron chi connectivity index (χ3n) is 1.96. The van der Waals surface area contributed by atoms with E-state index >= 15 is 0 Å². The summed E-state index contributed by atoms with van der Waals surface area (Å²) < 4.78 is 39.2. The van der Waals surface area contributed by atoms with Gasteiger partial charge in [0.15, 0.2) is 0 Å². The van der Waals surface area contributed by atoms with Crippen LogP contribution < -0.4 is 63.9 Å². The maximum absolute atomic E-state index is 11.6. The normalized spacial score (nSPS) is 9.18. The Morgan fingerprint density at radius 3 is 1.59 bits per heavy atom. The molecule has 0 radical (unpaired) electrons. The van der Waals surface area contributed by atoms with Crippen molar-refractivity contribution in [1.29, 1.82) is 0 Å². The standard InChI is InChI=1S/C13H10O2.2Na.H2O4S/c14-13(11-7-3-1-4-8-11)15-12-9-5-2-6-10-12;;;1-5(2,3)4/h1-10H;;;(H2,1,2,3,4)/q;2*+1;/p-2. The molecule has 2 rings (SSSR count). The third kappa shape index (κ3) is 12.3. The SMILES string of the molecule is O=C(Oc1ccccc1)c1ccccc1.O=S(=O)([O-])[O-].[Na+].[Na+]. The number of rotatable bonds is 2. The largest absolute Gasteiger partial charge is 1.00 e. The van der Waals surface area contributed by atoms with Gasteiger partial charge < -0.3 is 13.8 Å². The zero-order valence-electron chi connectivity index (χ0n) is 12.1. The van der Waals surface area contributed by atoms with Crippen LogP contribution in [0.4, 0.5) is 0 Å². The van der Waals surface area contributed by atoms with Crippen LogP contribution >= 0.6 is 0 Å². The van der Waals surface area contributed by atoms with Gasteiger partial charge in [0.05, 0.1) is 5.56 Å². The van der Waals surface area contributed by atoms with E-state index in [0.29, 0.717) is 11.3 Å². The maximum atomic E-state index is 11.6. The zero-order chi connectivity index (χ0) is 15.0. The molecular weight excluding hydrogens is 330 g/mol. The van der Waals surface area contributed by atoms with Crippen LogP contribution in [0.5, 0.6) is 5.75 Å². The molecule has 0 aliphatic rings. The molecule has 0 aromatic heterocycles. The monoisotopic (exact) mass is 340 g/mol. The molecule has 106 valence electrons. The van der Waals surface area contributed by atoms with E-state index in [-0.39, 0.29) is 65.1 Å². The number of hydrogen-bond acceptors (Lipinski definition) is 6. The van der Waals surface area contributed by atoms with Crippen molar-refractivity contribution in [2.45, 2.75) is 0 Å². The molecule has 0 N–H and O–H groups in total. The summed E-state index contributed by atoms with van der Waals surface area (Å²) in [6, 6.07) is 18.0. The summed E-state index contributed by atoms with van der Waals surface area (Å²) in [4.78, 5) is 11.6. The number of benzene rings is 2. The molecule has 2 aromatic rings. The fourth-order valence-electron chi connectivity index (χ4n) is 1.23. The van der Waals surface area contributed by atoms with Crippen molar-refractivity contribution < 1.29 is 86.2 Å². The fourth-order valence-corrected chi connectivity index (χ4v) is 1.23. The Hall–Kier alpha value is -0.220. The Labute approximate surface area is 173 Å². The van der Waals surface area contributed by atoms with E-state index in [2.05, 4.69) is 0 Å². The second kappa shape index (κ2) is 12.2. The second-order valence-electron chi connectivity index (χ2n) is 3.48. The van der Waals surface area contributed by atoms with Crippen LogP contribution in [0.1, 0.15) is 10.4 Å². The number of esters is 1. The van der Waals surface area contributed by atoms with Gasteiger partial charge in [-0.05, 0) is 24.3 Å². The molecule has 0 amide bonds. The van der Waals surface area contributed by atoms with Crippen LogP contribution in [0, 0.1) is 0 Å². The van der Waals surface area contributed by atoms with Crippen molar-refractivity contribution >= 4 is 16.4 Å². The van der Waals surface area contributed by atoms with Crippen LogP contribution in [-0.4, -0.2) is 23.5 Å². The van der Waals surface area contributed by atoms with Gasteiger partial charge in [0.1, 0.15) is 5.75 Å². The molecule has 0 saturated carbocycles. The van der Waals surface area contributed by atoms with E-state index < -0.39 is 10.4 Å². The van der Waals surface area contributed by atoms with Crippen molar-refractivity contribution in [3.63, 3.8) is 0 Å². The molecule has 0 bridgehead atoms. The number of carbonyl (C=O) groups excluding carboxylic acids is 1. The van der Waals surface area contributed by atoms with Crippen LogP contribution in [0.15, 0.2) is 60.7 Å². The van der Waals surface area contributed by atoms with Gasteiger partial charge in [-0.25, -0.2) is 4.79 Å². The van der Waals surface area contributed by atoms with Gasteiger partial charge in [-0.2, -0.15) is 0 Å². The Morgan fingerprint density at radius 1 is 0.818 bits per heavy atom. The molecule has 9 heteroatoms. The van der Waals surface area contributed by atoms with Crippen molar-refractivity contribution in [3.05, 3.63) is 66.2 Å². The number of hydrogen-bond donors (Lipinski definition) is 0. The average Bonchev–Trinajstić information content (AvgIpc) is 2.39. The van der Waals surface area contributed by atoms with Gasteiger partial charge >= 0.3 is 65.1 Å². The minimum atomic E-state index is -5.17. The molecule has 0 heterocycles. The molecule has 0 aliphatic heterocycles. The van der Waals surface area contributed by atoms with Gasteiger partial charge in [-0.15, -0.1) is 0 Å². The van der Waals surface area contributed by atoms with Gasteiger partial charge in [0.2, 0.25) is 0 Å². The van der Waals surface area contributed by atoms with Crippen LogP contribution in [0.3, 0.4) is 0 Å². The van der Waals surface area contributed by atoms with Crippen LogP contribution in [0.2, 0.25) is 0 Å². The zero-order valence-corrected chi connectivity index (χ0v) is 16.9. The maximum Gasteiger partial charge on any atom is 1.00 e. The van der Waals surface area contributed by atoms with E-state index in [4.69, 9.17) is 22.3 Å². The second-order valence-corrected chi connectivity index (χ2v) is 4.29. The van der Waals surface area contributed by atoms with Gasteiger partial charge in [-0.3, -0.25) is 8.42 Å². The van der Waals surface area contributed by atoms with Gasteiger partial charge in [0.25, 0.3) is 0 Å². The summed E-state index contributed by atoms with van der Waals surface area (Å²) in [7, 11) is -5.17. The fraction of sp³-hybridized carbons (Fsp3) is 0. The van der Waals surface area contributed by atoms with E-state index in [1.807, 2.05) is 36.4 Å². The summed E-state index contributed by atoms with van der Waals surface area (Å²) in [6.45, 7) is 0. The van der Waals surface area contributed by atoms with Crippen LogP contribution in [-0.2, 0) is 10.4 Å². The summed E-state index contributed by atoms with van der Waals surface area (Å²) in [6.07, 6.45) is 0. The molecule has 0 fully saturated rings. The van der Waals surface area contributed by atoms with E-state index in [0.717, 1.165) is 0 Å². The van der Waals surface area contributed by atoms with Gasteiger partial charge in [-0.1, -0.05) is 36.4 Å². The van der Waals surface area contributed by atoms with E-state index in [1.54, 1.807) is 24.3 Å². The molecule has 2 aromatic carbocycles. The molecule has 0 spiro atoms. The topological polar surface area (TPSA) is 107 Å². The first-order valence-corrected chi connectivity index (χ1v) is 6.68. The third-order valence-corrected chi connectivity index (χ3v) is 1.96. The molecule has 0 saturated heterocycles. The summed E-state index contributed by atoms with van der Waals surface area (Å²) in [5.41, 5.74) is 0.557. The molecule has 0 atom stereocenters. The van der Waals surface area contributed by atoms with Crippen molar-refractivity contribution in [1.82, 2.24) is 0 Å². The van der Waals surface area contributed by atoms with Gasteiger partial charge in [0, 0.05) is 10.4 Å². The Balaban J connectivity index is 0. The average molecular weight is 340 g/mol.